The average molecular weight is 256 g/mol. The Bertz CT molecular complexity index is 541. The molecule has 0 aliphatic heterocycles. The van der Waals surface area contributed by atoms with Crippen LogP contribution in [0.4, 0.5) is 0 Å². The van der Waals surface area contributed by atoms with Crippen LogP contribution in [0.5, 0.6) is 0 Å². The number of aromatic nitrogens is 2. The molecular formula is C16H20N2O. The van der Waals surface area contributed by atoms with Crippen molar-refractivity contribution in [1.29, 1.82) is 0 Å². The molecular weight excluding hydrogens is 236 g/mol. The van der Waals surface area contributed by atoms with Crippen molar-refractivity contribution in [1.82, 2.24) is 9.78 Å². The molecule has 1 atom stereocenters. The molecule has 1 fully saturated rings. The Balaban J connectivity index is 2.01. The first kappa shape index (κ1) is 12.4. The first-order chi connectivity index (χ1) is 9.22. The fourth-order valence-corrected chi connectivity index (χ4v) is 3.40. The van der Waals surface area contributed by atoms with E-state index in [0.717, 1.165) is 18.4 Å². The van der Waals surface area contributed by atoms with Crippen molar-refractivity contribution in [3.8, 4) is 0 Å². The molecule has 1 heterocycles. The van der Waals surface area contributed by atoms with Gasteiger partial charge in [-0.05, 0) is 18.4 Å². The van der Waals surface area contributed by atoms with Crippen molar-refractivity contribution in [3.05, 3.63) is 53.9 Å². The second-order valence-corrected chi connectivity index (χ2v) is 5.58. The number of benzene rings is 1. The highest BCUT2D eigenvalue weighted by molar-refractivity contribution is 5.31. The summed E-state index contributed by atoms with van der Waals surface area (Å²) in [4.78, 5) is 0. The quantitative estimate of drug-likeness (QED) is 0.916. The van der Waals surface area contributed by atoms with Gasteiger partial charge in [0.1, 0.15) is 0 Å². The van der Waals surface area contributed by atoms with E-state index in [1.54, 1.807) is 10.9 Å². The first-order valence-corrected chi connectivity index (χ1v) is 6.94. The molecule has 0 bridgehead atoms. The molecule has 1 unspecified atom stereocenters. The van der Waals surface area contributed by atoms with Crippen LogP contribution in [0.25, 0.3) is 0 Å². The van der Waals surface area contributed by atoms with Crippen LogP contribution in [-0.2, 0) is 12.5 Å². The standard InChI is InChI=1S/C16H20N2O/c1-18-12-13(11-17-18)15(19)16(9-5-6-10-16)14-7-3-2-4-8-14/h2-4,7-8,11-12,15,19H,5-6,9-10H2,1H3. The van der Waals surface area contributed by atoms with Gasteiger partial charge in [-0.2, -0.15) is 5.10 Å². The molecule has 2 aromatic rings. The number of aryl methyl sites for hydroxylation is 1. The molecule has 0 spiro atoms. The third kappa shape index (κ3) is 2.08. The fraction of sp³-hybridized carbons (Fsp3) is 0.438. The van der Waals surface area contributed by atoms with Gasteiger partial charge in [-0.15, -0.1) is 0 Å². The minimum Gasteiger partial charge on any atom is -0.387 e. The van der Waals surface area contributed by atoms with Crippen molar-refractivity contribution < 1.29 is 5.11 Å². The number of aliphatic hydroxyl groups excluding tert-OH is 1. The minimum absolute atomic E-state index is 0.135. The minimum atomic E-state index is -0.467. The lowest BCUT2D eigenvalue weighted by atomic mass is 9.72. The van der Waals surface area contributed by atoms with E-state index in [9.17, 15) is 5.11 Å². The Hall–Kier alpha value is -1.61. The summed E-state index contributed by atoms with van der Waals surface area (Å²) < 4.78 is 1.76. The lowest BCUT2D eigenvalue weighted by Crippen LogP contribution is -2.30. The predicted octanol–water partition coefficient (Wildman–Crippen LogP) is 2.97. The Kier molecular flexibility index (Phi) is 3.15. The van der Waals surface area contributed by atoms with Crippen LogP contribution in [0.15, 0.2) is 42.7 Å². The van der Waals surface area contributed by atoms with Gasteiger partial charge in [-0.3, -0.25) is 4.68 Å². The summed E-state index contributed by atoms with van der Waals surface area (Å²) in [5.41, 5.74) is 2.04. The zero-order chi connectivity index (χ0) is 13.3. The molecule has 1 N–H and O–H groups in total. The third-order valence-electron chi connectivity index (χ3n) is 4.41. The molecule has 1 aliphatic rings. The summed E-state index contributed by atoms with van der Waals surface area (Å²) in [6.45, 7) is 0. The van der Waals surface area contributed by atoms with Gasteiger partial charge in [-0.25, -0.2) is 0 Å². The zero-order valence-electron chi connectivity index (χ0n) is 11.3. The second kappa shape index (κ2) is 4.82. The van der Waals surface area contributed by atoms with Crippen LogP contribution in [0, 0.1) is 0 Å². The molecule has 1 aromatic heterocycles. The predicted molar refractivity (Wildman–Crippen MR) is 74.8 cm³/mol. The van der Waals surface area contributed by atoms with Gasteiger partial charge in [0.15, 0.2) is 0 Å². The maximum absolute atomic E-state index is 10.9. The number of aliphatic hydroxyl groups is 1. The number of hydrogen-bond donors (Lipinski definition) is 1. The van der Waals surface area contributed by atoms with E-state index in [0.29, 0.717) is 0 Å². The highest BCUT2D eigenvalue weighted by Gasteiger charge is 2.43. The van der Waals surface area contributed by atoms with Gasteiger partial charge in [-0.1, -0.05) is 43.2 Å². The zero-order valence-corrected chi connectivity index (χ0v) is 11.3. The second-order valence-electron chi connectivity index (χ2n) is 5.58. The van der Waals surface area contributed by atoms with Crippen molar-refractivity contribution >= 4 is 0 Å². The van der Waals surface area contributed by atoms with Gasteiger partial charge in [0.25, 0.3) is 0 Å². The van der Waals surface area contributed by atoms with E-state index < -0.39 is 6.10 Å². The van der Waals surface area contributed by atoms with E-state index in [1.807, 2.05) is 19.3 Å². The van der Waals surface area contributed by atoms with Gasteiger partial charge in [0.05, 0.1) is 12.3 Å². The molecule has 3 rings (SSSR count). The molecule has 1 aliphatic carbocycles. The fourth-order valence-electron chi connectivity index (χ4n) is 3.40. The molecule has 3 nitrogen and oxygen atoms in total. The average Bonchev–Trinajstić information content (AvgIpc) is 3.08. The number of hydrogen-bond acceptors (Lipinski definition) is 2. The van der Waals surface area contributed by atoms with E-state index in [-0.39, 0.29) is 5.41 Å². The van der Waals surface area contributed by atoms with Crippen molar-refractivity contribution in [2.45, 2.75) is 37.2 Å². The lowest BCUT2D eigenvalue weighted by Gasteiger charge is -2.34. The molecule has 3 heteroatoms. The molecule has 19 heavy (non-hydrogen) atoms. The van der Waals surface area contributed by atoms with Crippen LogP contribution >= 0.6 is 0 Å². The van der Waals surface area contributed by atoms with E-state index in [2.05, 4.69) is 29.4 Å². The van der Waals surface area contributed by atoms with E-state index in [4.69, 9.17) is 0 Å². The van der Waals surface area contributed by atoms with Gasteiger partial charge in [0, 0.05) is 24.2 Å². The van der Waals surface area contributed by atoms with E-state index in [1.165, 1.54) is 18.4 Å². The summed E-state index contributed by atoms with van der Waals surface area (Å²) in [5, 5.41) is 15.1. The third-order valence-corrected chi connectivity index (χ3v) is 4.41. The summed E-state index contributed by atoms with van der Waals surface area (Å²) in [7, 11) is 1.89. The first-order valence-electron chi connectivity index (χ1n) is 6.94. The number of rotatable bonds is 3. The highest BCUT2D eigenvalue weighted by Crippen LogP contribution is 2.49. The van der Waals surface area contributed by atoms with Crippen molar-refractivity contribution in [2.24, 2.45) is 7.05 Å². The van der Waals surface area contributed by atoms with Crippen molar-refractivity contribution in [3.63, 3.8) is 0 Å². The Morgan fingerprint density at radius 1 is 1.21 bits per heavy atom. The van der Waals surface area contributed by atoms with Gasteiger partial charge >= 0.3 is 0 Å². The maximum atomic E-state index is 10.9. The maximum Gasteiger partial charge on any atom is 0.0916 e. The van der Waals surface area contributed by atoms with Crippen LogP contribution in [0.2, 0.25) is 0 Å². The van der Waals surface area contributed by atoms with Crippen molar-refractivity contribution in [2.75, 3.05) is 0 Å². The van der Waals surface area contributed by atoms with Crippen LogP contribution < -0.4 is 0 Å². The van der Waals surface area contributed by atoms with Crippen LogP contribution in [0.1, 0.15) is 42.9 Å². The molecule has 0 saturated heterocycles. The summed E-state index contributed by atoms with van der Waals surface area (Å²) in [6.07, 6.45) is 7.71. The summed E-state index contributed by atoms with van der Waals surface area (Å²) >= 11 is 0. The summed E-state index contributed by atoms with van der Waals surface area (Å²) in [5.74, 6) is 0. The molecule has 0 amide bonds. The molecule has 0 radical (unpaired) electrons. The molecule has 100 valence electrons. The molecule has 1 aromatic carbocycles. The topological polar surface area (TPSA) is 38.0 Å². The smallest absolute Gasteiger partial charge is 0.0916 e. The number of nitrogens with zero attached hydrogens (tertiary/aromatic N) is 2. The SMILES string of the molecule is Cn1cc(C(O)C2(c3ccccc3)CCCC2)cn1. The van der Waals surface area contributed by atoms with Crippen LogP contribution in [0.3, 0.4) is 0 Å². The van der Waals surface area contributed by atoms with Gasteiger partial charge in [0.2, 0.25) is 0 Å². The Morgan fingerprint density at radius 2 is 1.89 bits per heavy atom. The lowest BCUT2D eigenvalue weighted by molar-refractivity contribution is 0.0821. The highest BCUT2D eigenvalue weighted by atomic mass is 16.3. The largest absolute Gasteiger partial charge is 0.387 e. The normalized spacial score (nSPS) is 19.5. The summed E-state index contributed by atoms with van der Waals surface area (Å²) in [6, 6.07) is 10.4. The van der Waals surface area contributed by atoms with Crippen LogP contribution in [-0.4, -0.2) is 14.9 Å². The Morgan fingerprint density at radius 3 is 2.47 bits per heavy atom. The monoisotopic (exact) mass is 256 g/mol. The molecule has 1 saturated carbocycles. The van der Waals surface area contributed by atoms with Gasteiger partial charge < -0.3 is 5.11 Å². The Labute approximate surface area is 113 Å². The van der Waals surface area contributed by atoms with E-state index >= 15 is 0 Å².